The highest BCUT2D eigenvalue weighted by Gasteiger charge is 2.05. The highest BCUT2D eigenvalue weighted by atomic mass is 32.2. The predicted molar refractivity (Wildman–Crippen MR) is 80.6 cm³/mol. The Morgan fingerprint density at radius 2 is 1.78 bits per heavy atom. The van der Waals surface area contributed by atoms with Crippen molar-refractivity contribution in [3.63, 3.8) is 0 Å². The summed E-state index contributed by atoms with van der Waals surface area (Å²) in [5, 5.41) is 3.41. The van der Waals surface area contributed by atoms with E-state index in [0.717, 1.165) is 6.54 Å². The fraction of sp³-hybridized carbons (Fsp3) is 0.250. The first-order valence-electron chi connectivity index (χ1n) is 6.28. The molecule has 0 aliphatic carbocycles. The van der Waals surface area contributed by atoms with Gasteiger partial charge in [0.2, 0.25) is 0 Å². The van der Waals surface area contributed by atoms with Gasteiger partial charge in [-0.2, -0.15) is 0 Å². The molecule has 0 saturated heterocycles. The minimum atomic E-state index is 0.949. The third-order valence-corrected chi connectivity index (χ3v) is 4.06. The zero-order valence-electron chi connectivity index (χ0n) is 11.2. The maximum Gasteiger partial charge on any atom is 0.0481 e. The lowest BCUT2D eigenvalue weighted by molar-refractivity contribution is 1.18. The minimum absolute atomic E-state index is 0.949. The number of para-hydroxylation sites is 1. The summed E-state index contributed by atoms with van der Waals surface area (Å²) in [7, 11) is 0. The van der Waals surface area contributed by atoms with E-state index in [1.165, 1.54) is 26.6 Å². The smallest absolute Gasteiger partial charge is 0.0481 e. The van der Waals surface area contributed by atoms with Crippen molar-refractivity contribution in [2.75, 3.05) is 11.9 Å². The molecular formula is C16H19NS. The molecule has 0 spiro atoms. The van der Waals surface area contributed by atoms with Crippen molar-refractivity contribution < 1.29 is 0 Å². The zero-order chi connectivity index (χ0) is 13.0. The van der Waals surface area contributed by atoms with Gasteiger partial charge in [-0.05, 0) is 44.5 Å². The summed E-state index contributed by atoms with van der Waals surface area (Å²) in [6.07, 6.45) is 0. The second-order valence-electron chi connectivity index (χ2n) is 4.40. The number of hydrogen-bond acceptors (Lipinski definition) is 2. The molecule has 0 atom stereocenters. The molecule has 2 heteroatoms. The number of nitrogens with one attached hydrogen (secondary N) is 1. The monoisotopic (exact) mass is 257 g/mol. The van der Waals surface area contributed by atoms with Gasteiger partial charge in [-0.25, -0.2) is 0 Å². The largest absolute Gasteiger partial charge is 0.384 e. The Bertz CT molecular complexity index is 534. The van der Waals surface area contributed by atoms with Gasteiger partial charge in [0.05, 0.1) is 0 Å². The van der Waals surface area contributed by atoms with Crippen LogP contribution in [0.25, 0.3) is 0 Å². The van der Waals surface area contributed by atoms with Gasteiger partial charge >= 0.3 is 0 Å². The molecule has 18 heavy (non-hydrogen) atoms. The summed E-state index contributed by atoms with van der Waals surface area (Å²) in [6, 6.07) is 15.1. The van der Waals surface area contributed by atoms with Crippen LogP contribution in [0.1, 0.15) is 18.1 Å². The predicted octanol–water partition coefficient (Wildman–Crippen LogP) is 4.89. The lowest BCUT2D eigenvalue weighted by Gasteiger charge is -2.11. The van der Waals surface area contributed by atoms with E-state index in [-0.39, 0.29) is 0 Å². The number of hydrogen-bond donors (Lipinski definition) is 1. The van der Waals surface area contributed by atoms with Crippen LogP contribution in [0.3, 0.4) is 0 Å². The molecule has 0 aliphatic rings. The van der Waals surface area contributed by atoms with Gasteiger partial charge in [0.25, 0.3) is 0 Å². The molecule has 0 saturated carbocycles. The van der Waals surface area contributed by atoms with E-state index in [4.69, 9.17) is 0 Å². The van der Waals surface area contributed by atoms with Crippen molar-refractivity contribution in [3.05, 3.63) is 53.6 Å². The summed E-state index contributed by atoms with van der Waals surface area (Å²) in [4.78, 5) is 2.61. The normalized spacial score (nSPS) is 10.4. The Balaban J connectivity index is 2.28. The number of rotatable bonds is 4. The van der Waals surface area contributed by atoms with Crippen LogP contribution in [0.5, 0.6) is 0 Å². The fourth-order valence-electron chi connectivity index (χ4n) is 1.92. The summed E-state index contributed by atoms with van der Waals surface area (Å²) in [6.45, 7) is 7.38. The third kappa shape index (κ3) is 3.08. The van der Waals surface area contributed by atoms with E-state index in [1.54, 1.807) is 0 Å². The van der Waals surface area contributed by atoms with Gasteiger partial charge in [-0.1, -0.05) is 41.6 Å². The Kier molecular flexibility index (Phi) is 4.32. The molecule has 0 aliphatic heterocycles. The molecule has 0 fully saturated rings. The molecule has 0 bridgehead atoms. The van der Waals surface area contributed by atoms with Crippen LogP contribution in [0, 0.1) is 13.8 Å². The topological polar surface area (TPSA) is 12.0 Å². The van der Waals surface area contributed by atoms with Crippen LogP contribution in [0.15, 0.2) is 52.3 Å². The Labute approximate surface area is 114 Å². The van der Waals surface area contributed by atoms with Crippen LogP contribution >= 0.6 is 11.8 Å². The molecule has 0 aromatic heterocycles. The minimum Gasteiger partial charge on any atom is -0.384 e. The van der Waals surface area contributed by atoms with Gasteiger partial charge < -0.3 is 5.32 Å². The standard InChI is InChI=1S/C16H19NS/c1-4-17-14-7-5-6-8-16(14)18-15-10-9-12(2)11-13(15)3/h5-11,17H,4H2,1-3H3. The molecule has 2 aromatic rings. The average Bonchev–Trinajstić information content (AvgIpc) is 2.35. The lowest BCUT2D eigenvalue weighted by Crippen LogP contribution is -1.97. The van der Waals surface area contributed by atoms with E-state index in [0.29, 0.717) is 0 Å². The Morgan fingerprint density at radius 3 is 2.50 bits per heavy atom. The van der Waals surface area contributed by atoms with E-state index in [9.17, 15) is 0 Å². The van der Waals surface area contributed by atoms with Crippen LogP contribution in [0.4, 0.5) is 5.69 Å². The van der Waals surface area contributed by atoms with Gasteiger partial charge in [-0.3, -0.25) is 0 Å². The first-order chi connectivity index (χ1) is 8.70. The van der Waals surface area contributed by atoms with Crippen molar-refractivity contribution in [1.82, 2.24) is 0 Å². The SMILES string of the molecule is CCNc1ccccc1Sc1ccc(C)cc1C. The van der Waals surface area contributed by atoms with Crippen molar-refractivity contribution in [1.29, 1.82) is 0 Å². The molecule has 1 N–H and O–H groups in total. The maximum atomic E-state index is 3.41. The highest BCUT2D eigenvalue weighted by molar-refractivity contribution is 7.99. The van der Waals surface area contributed by atoms with Crippen LogP contribution in [-0.4, -0.2) is 6.54 Å². The summed E-state index contributed by atoms with van der Waals surface area (Å²) in [5.74, 6) is 0. The quantitative estimate of drug-likeness (QED) is 0.837. The molecular weight excluding hydrogens is 238 g/mol. The third-order valence-electron chi connectivity index (χ3n) is 2.80. The van der Waals surface area contributed by atoms with E-state index < -0.39 is 0 Å². The zero-order valence-corrected chi connectivity index (χ0v) is 12.0. The van der Waals surface area contributed by atoms with Gasteiger partial charge in [0.15, 0.2) is 0 Å². The van der Waals surface area contributed by atoms with Gasteiger partial charge in [-0.15, -0.1) is 0 Å². The van der Waals surface area contributed by atoms with E-state index >= 15 is 0 Å². The second kappa shape index (κ2) is 5.96. The molecule has 1 nitrogen and oxygen atoms in total. The number of benzene rings is 2. The summed E-state index contributed by atoms with van der Waals surface area (Å²) in [5.41, 5.74) is 3.87. The summed E-state index contributed by atoms with van der Waals surface area (Å²) >= 11 is 1.83. The van der Waals surface area contributed by atoms with Crippen molar-refractivity contribution in [2.24, 2.45) is 0 Å². The van der Waals surface area contributed by atoms with Crippen LogP contribution < -0.4 is 5.32 Å². The van der Waals surface area contributed by atoms with Crippen molar-refractivity contribution in [3.8, 4) is 0 Å². The molecule has 2 rings (SSSR count). The second-order valence-corrected chi connectivity index (χ2v) is 5.48. The Hall–Kier alpha value is -1.41. The molecule has 0 amide bonds. The van der Waals surface area contributed by atoms with Crippen molar-refractivity contribution in [2.45, 2.75) is 30.6 Å². The Morgan fingerprint density at radius 1 is 1.00 bits per heavy atom. The molecule has 0 unspecified atom stereocenters. The molecule has 0 radical (unpaired) electrons. The lowest BCUT2D eigenvalue weighted by atomic mass is 10.2. The first kappa shape index (κ1) is 13.0. The average molecular weight is 257 g/mol. The van der Waals surface area contributed by atoms with E-state index in [1.807, 2.05) is 11.8 Å². The van der Waals surface area contributed by atoms with Gasteiger partial charge in [0.1, 0.15) is 0 Å². The fourth-order valence-corrected chi connectivity index (χ4v) is 2.91. The molecule has 94 valence electrons. The first-order valence-corrected chi connectivity index (χ1v) is 7.10. The molecule has 0 heterocycles. The van der Waals surface area contributed by atoms with Gasteiger partial charge in [0, 0.05) is 22.0 Å². The molecule has 2 aromatic carbocycles. The van der Waals surface area contributed by atoms with Crippen LogP contribution in [0.2, 0.25) is 0 Å². The highest BCUT2D eigenvalue weighted by Crippen LogP contribution is 2.35. The maximum absolute atomic E-state index is 3.41. The number of anilines is 1. The number of aryl methyl sites for hydroxylation is 2. The van der Waals surface area contributed by atoms with Crippen molar-refractivity contribution >= 4 is 17.4 Å². The summed E-state index contributed by atoms with van der Waals surface area (Å²) < 4.78 is 0. The van der Waals surface area contributed by atoms with E-state index in [2.05, 4.69) is 68.6 Å². The van der Waals surface area contributed by atoms with Crippen LogP contribution in [-0.2, 0) is 0 Å².